The largest absolute Gasteiger partial charge is 0.379 e. The molecule has 50 valence electrons. The summed E-state index contributed by atoms with van der Waals surface area (Å²) in [5, 5.41) is 0. The summed E-state index contributed by atoms with van der Waals surface area (Å²) in [4.78, 5) is 11.1. The Morgan fingerprint density at radius 1 is 1.44 bits per heavy atom. The summed E-state index contributed by atoms with van der Waals surface area (Å²) in [6.45, 7) is 1.40. The third-order valence-corrected chi connectivity index (χ3v) is 2.41. The van der Waals surface area contributed by atoms with Crippen molar-refractivity contribution < 1.29 is 9.53 Å². The topological polar surface area (TPSA) is 26.3 Å². The van der Waals surface area contributed by atoms with Crippen molar-refractivity contribution in [1.82, 2.24) is 0 Å². The maximum atomic E-state index is 11.1. The van der Waals surface area contributed by atoms with Gasteiger partial charge in [-0.2, -0.15) is 0 Å². The number of ether oxygens (including phenoxy) is 1. The molecule has 1 aliphatic carbocycles. The number of carbonyl (C=O) groups excluding carboxylic acids is 1. The van der Waals surface area contributed by atoms with Gasteiger partial charge in [0.2, 0.25) is 0 Å². The number of Topliss-reactive ketones (excluding diaryl/α,β-unsaturated/α-hetero) is 1. The van der Waals surface area contributed by atoms with Crippen molar-refractivity contribution in [3.05, 3.63) is 0 Å². The predicted molar refractivity (Wildman–Crippen MR) is 32.1 cm³/mol. The monoisotopic (exact) mass is 126 g/mol. The molecule has 0 N–H and O–H groups in total. The normalized spacial score (nSPS) is 30.9. The number of hydrogen-bond acceptors (Lipinski definition) is 2. The molecule has 0 unspecified atom stereocenters. The summed E-state index contributed by atoms with van der Waals surface area (Å²) in [7, 11) is 0. The third-order valence-electron chi connectivity index (χ3n) is 2.41. The summed E-state index contributed by atoms with van der Waals surface area (Å²) in [6, 6.07) is 0. The average molecular weight is 126 g/mol. The van der Waals surface area contributed by atoms with Gasteiger partial charge < -0.3 is 4.74 Å². The van der Waals surface area contributed by atoms with Gasteiger partial charge in [-0.1, -0.05) is 0 Å². The van der Waals surface area contributed by atoms with Gasteiger partial charge in [0.05, 0.1) is 18.6 Å². The second kappa shape index (κ2) is 1.57. The lowest BCUT2D eigenvalue weighted by atomic mass is 9.83. The number of ketones is 1. The first-order valence-corrected chi connectivity index (χ1v) is 3.45. The average Bonchev–Trinajstić information content (AvgIpc) is 2.07. The van der Waals surface area contributed by atoms with E-state index in [2.05, 4.69) is 0 Å². The Morgan fingerprint density at radius 3 is 2.44 bits per heavy atom. The van der Waals surface area contributed by atoms with Gasteiger partial charge in [-0.05, 0) is 12.8 Å². The van der Waals surface area contributed by atoms with Gasteiger partial charge in [0.15, 0.2) is 0 Å². The van der Waals surface area contributed by atoms with Crippen LogP contribution in [0.5, 0.6) is 0 Å². The van der Waals surface area contributed by atoms with Crippen LogP contribution >= 0.6 is 0 Å². The molecular weight excluding hydrogens is 116 g/mol. The first-order valence-electron chi connectivity index (χ1n) is 3.45. The minimum absolute atomic E-state index is 0.0139. The van der Waals surface area contributed by atoms with Crippen LogP contribution in [0.3, 0.4) is 0 Å². The minimum atomic E-state index is 0.0139. The van der Waals surface area contributed by atoms with Crippen molar-refractivity contribution in [2.24, 2.45) is 5.41 Å². The zero-order valence-corrected chi connectivity index (χ0v) is 5.35. The van der Waals surface area contributed by atoms with Gasteiger partial charge in [-0.25, -0.2) is 0 Å². The van der Waals surface area contributed by atoms with Gasteiger partial charge in [-0.15, -0.1) is 0 Å². The van der Waals surface area contributed by atoms with Gasteiger partial charge in [0.25, 0.3) is 0 Å². The van der Waals surface area contributed by atoms with Crippen LogP contribution in [-0.4, -0.2) is 19.0 Å². The Bertz CT molecular complexity index is 147. The lowest BCUT2D eigenvalue weighted by molar-refractivity contribution is -0.153. The van der Waals surface area contributed by atoms with Crippen LogP contribution in [0.15, 0.2) is 0 Å². The molecule has 9 heavy (non-hydrogen) atoms. The Hall–Kier alpha value is -0.370. The molecule has 0 atom stereocenters. The Balaban J connectivity index is 2.17. The smallest absolute Gasteiger partial charge is 0.143 e. The van der Waals surface area contributed by atoms with Gasteiger partial charge in [-0.3, -0.25) is 4.79 Å². The van der Waals surface area contributed by atoms with Crippen molar-refractivity contribution >= 4 is 5.78 Å². The quantitative estimate of drug-likeness (QED) is 0.479. The zero-order chi connectivity index (χ0) is 6.32. The molecule has 1 aliphatic heterocycles. The molecule has 0 aromatic heterocycles. The molecule has 0 radical (unpaired) electrons. The standard InChI is InChI=1S/C7H10O2/c8-6-2-1-3-7(6)4-9-5-7/h1-5H2. The molecule has 2 nitrogen and oxygen atoms in total. The Morgan fingerprint density at radius 2 is 2.22 bits per heavy atom. The lowest BCUT2D eigenvalue weighted by Crippen LogP contribution is -2.45. The number of hydrogen-bond donors (Lipinski definition) is 0. The predicted octanol–water partition coefficient (Wildman–Crippen LogP) is 0.756. The molecule has 2 aliphatic rings. The molecule has 1 saturated carbocycles. The van der Waals surface area contributed by atoms with E-state index in [1.807, 2.05) is 0 Å². The van der Waals surface area contributed by atoms with Crippen molar-refractivity contribution in [2.75, 3.05) is 13.2 Å². The van der Waals surface area contributed by atoms with Crippen LogP contribution in [0.2, 0.25) is 0 Å². The first kappa shape index (κ1) is 5.42. The molecule has 0 aromatic carbocycles. The minimum Gasteiger partial charge on any atom is -0.379 e. The molecule has 1 heterocycles. The molecule has 1 spiro atoms. The van der Waals surface area contributed by atoms with E-state index in [0.717, 1.165) is 19.3 Å². The number of rotatable bonds is 0. The van der Waals surface area contributed by atoms with Crippen LogP contribution in [-0.2, 0) is 9.53 Å². The highest BCUT2D eigenvalue weighted by atomic mass is 16.5. The maximum Gasteiger partial charge on any atom is 0.143 e. The summed E-state index contributed by atoms with van der Waals surface area (Å²) in [5.41, 5.74) is 0.0139. The maximum absolute atomic E-state index is 11.1. The van der Waals surface area contributed by atoms with Gasteiger partial charge >= 0.3 is 0 Å². The van der Waals surface area contributed by atoms with E-state index in [0.29, 0.717) is 19.0 Å². The van der Waals surface area contributed by atoms with E-state index in [-0.39, 0.29) is 5.41 Å². The second-order valence-corrected chi connectivity index (χ2v) is 3.05. The lowest BCUT2D eigenvalue weighted by Gasteiger charge is -2.35. The molecule has 1 saturated heterocycles. The Kier molecular flexibility index (Phi) is 0.943. The molecular formula is C7H10O2. The fraction of sp³-hybridized carbons (Fsp3) is 0.857. The van der Waals surface area contributed by atoms with Crippen LogP contribution < -0.4 is 0 Å². The molecule has 0 bridgehead atoms. The highest BCUT2D eigenvalue weighted by Crippen LogP contribution is 2.40. The fourth-order valence-electron chi connectivity index (χ4n) is 1.65. The van der Waals surface area contributed by atoms with E-state index in [4.69, 9.17) is 4.74 Å². The second-order valence-electron chi connectivity index (χ2n) is 3.05. The van der Waals surface area contributed by atoms with E-state index < -0.39 is 0 Å². The first-order chi connectivity index (χ1) is 4.33. The SMILES string of the molecule is O=C1CCCC12COC2. The van der Waals surface area contributed by atoms with Crippen molar-refractivity contribution in [1.29, 1.82) is 0 Å². The Labute approximate surface area is 54.2 Å². The van der Waals surface area contributed by atoms with Crippen molar-refractivity contribution in [2.45, 2.75) is 19.3 Å². The third kappa shape index (κ3) is 0.568. The molecule has 0 aromatic rings. The fourth-order valence-corrected chi connectivity index (χ4v) is 1.65. The number of carbonyl (C=O) groups is 1. The van der Waals surface area contributed by atoms with Crippen LogP contribution in [0.1, 0.15) is 19.3 Å². The van der Waals surface area contributed by atoms with Crippen LogP contribution in [0, 0.1) is 5.41 Å². The van der Waals surface area contributed by atoms with E-state index in [1.54, 1.807) is 0 Å². The summed E-state index contributed by atoms with van der Waals surface area (Å²) >= 11 is 0. The molecule has 2 heteroatoms. The van der Waals surface area contributed by atoms with E-state index >= 15 is 0 Å². The van der Waals surface area contributed by atoms with E-state index in [9.17, 15) is 4.79 Å². The van der Waals surface area contributed by atoms with E-state index in [1.165, 1.54) is 0 Å². The molecule has 2 fully saturated rings. The van der Waals surface area contributed by atoms with Crippen molar-refractivity contribution in [3.8, 4) is 0 Å². The zero-order valence-electron chi connectivity index (χ0n) is 5.35. The summed E-state index contributed by atoms with van der Waals surface area (Å²) < 4.78 is 5.01. The van der Waals surface area contributed by atoms with Crippen molar-refractivity contribution in [3.63, 3.8) is 0 Å². The molecule has 2 rings (SSSR count). The van der Waals surface area contributed by atoms with Gasteiger partial charge in [0.1, 0.15) is 5.78 Å². The molecule has 0 amide bonds. The van der Waals surface area contributed by atoms with Gasteiger partial charge in [0, 0.05) is 6.42 Å². The van der Waals surface area contributed by atoms with Crippen LogP contribution in [0.4, 0.5) is 0 Å². The highest BCUT2D eigenvalue weighted by molar-refractivity contribution is 5.87. The summed E-state index contributed by atoms with van der Waals surface area (Å²) in [6.07, 6.45) is 2.96. The summed E-state index contributed by atoms with van der Waals surface area (Å²) in [5.74, 6) is 0.439. The van der Waals surface area contributed by atoms with Crippen LogP contribution in [0.25, 0.3) is 0 Å². The highest BCUT2D eigenvalue weighted by Gasteiger charge is 2.47.